The molecule has 172 valence electrons. The molecule has 1 atom stereocenters. The first kappa shape index (κ1) is 23.7. The lowest BCUT2D eigenvalue weighted by molar-refractivity contribution is 0.291. The van der Waals surface area contributed by atoms with Gasteiger partial charge in [0.05, 0.1) is 6.04 Å². The van der Waals surface area contributed by atoms with E-state index in [9.17, 15) is 0 Å². The molecule has 0 aromatic heterocycles. The lowest BCUT2D eigenvalue weighted by Crippen LogP contribution is -2.39. The molecular weight excluding hydrogens is 418 g/mol. The van der Waals surface area contributed by atoms with E-state index in [-0.39, 0.29) is 6.04 Å². The van der Waals surface area contributed by atoms with Crippen LogP contribution in [-0.2, 0) is 13.0 Å². The van der Waals surface area contributed by atoms with Crippen LogP contribution in [0.1, 0.15) is 104 Å². The SMILES string of the molecule is CC(C)c1cc(C(C)C)c(C(=S)N2Cc3ccccc3C[C@@H]2c2ccccc2)c(C(C)C)c1. The Morgan fingerprint density at radius 1 is 0.758 bits per heavy atom. The molecule has 1 aliphatic rings. The van der Waals surface area contributed by atoms with Gasteiger partial charge in [-0.2, -0.15) is 0 Å². The fourth-order valence-electron chi connectivity index (χ4n) is 5.06. The first-order valence-electron chi connectivity index (χ1n) is 12.4. The summed E-state index contributed by atoms with van der Waals surface area (Å²) in [5.41, 5.74) is 9.65. The fraction of sp³-hybridized carbons (Fsp3) is 0.387. The van der Waals surface area contributed by atoms with Gasteiger partial charge in [0.25, 0.3) is 0 Å². The number of rotatable bonds is 5. The van der Waals surface area contributed by atoms with Crippen LogP contribution in [0.4, 0.5) is 0 Å². The molecule has 2 heteroatoms. The van der Waals surface area contributed by atoms with Crippen molar-refractivity contribution in [3.05, 3.63) is 106 Å². The van der Waals surface area contributed by atoms with Gasteiger partial charge >= 0.3 is 0 Å². The van der Waals surface area contributed by atoms with E-state index in [4.69, 9.17) is 12.2 Å². The Morgan fingerprint density at radius 2 is 1.30 bits per heavy atom. The van der Waals surface area contributed by atoms with Gasteiger partial charge in [0, 0.05) is 12.1 Å². The van der Waals surface area contributed by atoms with Crippen LogP contribution in [0.3, 0.4) is 0 Å². The van der Waals surface area contributed by atoms with Crippen molar-refractivity contribution in [1.82, 2.24) is 4.90 Å². The predicted molar refractivity (Wildman–Crippen MR) is 145 cm³/mol. The molecule has 0 unspecified atom stereocenters. The monoisotopic (exact) mass is 455 g/mol. The molecule has 0 saturated carbocycles. The number of nitrogens with zero attached hydrogens (tertiary/aromatic N) is 1. The van der Waals surface area contributed by atoms with Crippen molar-refractivity contribution in [1.29, 1.82) is 0 Å². The summed E-state index contributed by atoms with van der Waals surface area (Å²) in [6.45, 7) is 14.6. The molecule has 0 aliphatic carbocycles. The van der Waals surface area contributed by atoms with Crippen molar-refractivity contribution >= 4 is 17.2 Å². The summed E-state index contributed by atoms with van der Waals surface area (Å²) in [4.78, 5) is 3.50. The largest absolute Gasteiger partial charge is 0.351 e. The molecule has 0 fully saturated rings. The molecule has 1 aliphatic heterocycles. The van der Waals surface area contributed by atoms with Crippen LogP contribution in [0.25, 0.3) is 0 Å². The second kappa shape index (κ2) is 9.81. The standard InChI is InChI=1S/C31H37NS/c1-20(2)26-16-27(21(3)4)30(28(17-26)22(5)6)31(33)32-19-25-15-11-10-14-24(25)18-29(32)23-12-8-7-9-13-23/h7-17,20-22,29H,18-19H2,1-6H3/t29-/m1/s1. The summed E-state index contributed by atoms with van der Waals surface area (Å²) in [5, 5.41) is 0. The highest BCUT2D eigenvalue weighted by molar-refractivity contribution is 7.80. The molecular formula is C31H37NS. The Kier molecular flexibility index (Phi) is 7.05. The molecule has 0 bridgehead atoms. The molecule has 33 heavy (non-hydrogen) atoms. The van der Waals surface area contributed by atoms with Gasteiger partial charge in [0.2, 0.25) is 0 Å². The van der Waals surface area contributed by atoms with Crippen LogP contribution >= 0.6 is 12.2 Å². The highest BCUT2D eigenvalue weighted by Crippen LogP contribution is 2.39. The minimum absolute atomic E-state index is 0.249. The Morgan fingerprint density at radius 3 is 1.85 bits per heavy atom. The van der Waals surface area contributed by atoms with E-state index in [0.717, 1.165) is 18.0 Å². The first-order chi connectivity index (χ1) is 15.8. The van der Waals surface area contributed by atoms with Crippen molar-refractivity contribution in [2.45, 2.75) is 78.3 Å². The average molecular weight is 456 g/mol. The van der Waals surface area contributed by atoms with E-state index in [1.807, 2.05) is 0 Å². The van der Waals surface area contributed by atoms with Gasteiger partial charge in [0.1, 0.15) is 4.99 Å². The van der Waals surface area contributed by atoms with E-state index >= 15 is 0 Å². The summed E-state index contributed by atoms with van der Waals surface area (Å²) in [5.74, 6) is 1.34. The van der Waals surface area contributed by atoms with Gasteiger partial charge in [0.15, 0.2) is 0 Å². The molecule has 0 radical (unpaired) electrons. The molecule has 0 spiro atoms. The third-order valence-electron chi connectivity index (χ3n) is 7.04. The number of thiocarbonyl (C=S) groups is 1. The fourth-order valence-corrected chi connectivity index (χ4v) is 5.48. The van der Waals surface area contributed by atoms with Crippen LogP contribution in [0.15, 0.2) is 66.7 Å². The van der Waals surface area contributed by atoms with Crippen molar-refractivity contribution in [3.8, 4) is 0 Å². The zero-order valence-corrected chi connectivity index (χ0v) is 21.7. The van der Waals surface area contributed by atoms with E-state index < -0.39 is 0 Å². The van der Waals surface area contributed by atoms with Gasteiger partial charge in [-0.15, -0.1) is 0 Å². The van der Waals surface area contributed by atoms with Crippen LogP contribution in [0.5, 0.6) is 0 Å². The maximum atomic E-state index is 6.40. The minimum Gasteiger partial charge on any atom is -0.351 e. The van der Waals surface area contributed by atoms with Gasteiger partial charge in [-0.3, -0.25) is 0 Å². The lowest BCUT2D eigenvalue weighted by Gasteiger charge is -2.40. The maximum absolute atomic E-state index is 6.40. The predicted octanol–water partition coefficient (Wildman–Crippen LogP) is 8.53. The third-order valence-corrected chi connectivity index (χ3v) is 7.48. The Balaban J connectivity index is 1.87. The minimum atomic E-state index is 0.249. The van der Waals surface area contributed by atoms with Crippen molar-refractivity contribution < 1.29 is 0 Å². The smallest absolute Gasteiger partial charge is 0.110 e. The topological polar surface area (TPSA) is 3.24 Å². The quantitative estimate of drug-likeness (QED) is 0.355. The zero-order valence-electron chi connectivity index (χ0n) is 20.9. The van der Waals surface area contributed by atoms with E-state index in [0.29, 0.717) is 17.8 Å². The molecule has 1 nitrogen and oxygen atoms in total. The summed E-state index contributed by atoms with van der Waals surface area (Å²) in [6.07, 6.45) is 0.985. The number of fused-ring (bicyclic) bond motifs is 1. The highest BCUT2D eigenvalue weighted by Gasteiger charge is 2.32. The molecule has 3 aromatic carbocycles. The van der Waals surface area contributed by atoms with Crippen molar-refractivity contribution in [2.24, 2.45) is 0 Å². The summed E-state index contributed by atoms with van der Waals surface area (Å²) < 4.78 is 0. The van der Waals surface area contributed by atoms with Gasteiger partial charge in [-0.05, 0) is 57.6 Å². The normalized spacial score (nSPS) is 15.9. The molecule has 1 heterocycles. The summed E-state index contributed by atoms with van der Waals surface area (Å²) in [6, 6.07) is 24.8. The number of hydrogen-bond donors (Lipinski definition) is 0. The van der Waals surface area contributed by atoms with Gasteiger partial charge in [-0.1, -0.05) is 120 Å². The lowest BCUT2D eigenvalue weighted by atomic mass is 9.83. The molecule has 0 N–H and O–H groups in total. The van der Waals surface area contributed by atoms with E-state index in [1.165, 1.54) is 38.9 Å². The Hall–Kier alpha value is -2.45. The zero-order chi connectivity index (χ0) is 23.7. The summed E-state index contributed by atoms with van der Waals surface area (Å²) in [7, 11) is 0. The Bertz CT molecular complexity index is 1100. The number of hydrogen-bond acceptors (Lipinski definition) is 1. The number of benzene rings is 3. The van der Waals surface area contributed by atoms with Gasteiger partial charge < -0.3 is 4.90 Å². The molecule has 0 saturated heterocycles. The van der Waals surface area contributed by atoms with Crippen molar-refractivity contribution in [3.63, 3.8) is 0 Å². The highest BCUT2D eigenvalue weighted by atomic mass is 32.1. The third kappa shape index (κ3) is 4.77. The first-order valence-corrected chi connectivity index (χ1v) is 12.8. The second-order valence-corrected chi connectivity index (χ2v) is 10.8. The van der Waals surface area contributed by atoms with Crippen LogP contribution in [0, 0.1) is 0 Å². The van der Waals surface area contributed by atoms with Crippen LogP contribution < -0.4 is 0 Å². The average Bonchev–Trinajstić information content (AvgIpc) is 2.82. The van der Waals surface area contributed by atoms with Crippen LogP contribution in [-0.4, -0.2) is 9.89 Å². The molecule has 4 rings (SSSR count). The molecule has 3 aromatic rings. The maximum Gasteiger partial charge on any atom is 0.110 e. The van der Waals surface area contributed by atoms with Gasteiger partial charge in [-0.25, -0.2) is 0 Å². The second-order valence-electron chi connectivity index (χ2n) is 10.4. The molecule has 0 amide bonds. The summed E-state index contributed by atoms with van der Waals surface area (Å²) >= 11 is 6.40. The van der Waals surface area contributed by atoms with E-state index in [2.05, 4.69) is 113 Å². The van der Waals surface area contributed by atoms with E-state index in [1.54, 1.807) is 0 Å². The Labute approximate surface area is 205 Å². The van der Waals surface area contributed by atoms with Crippen LogP contribution in [0.2, 0.25) is 0 Å². The van der Waals surface area contributed by atoms with Crippen molar-refractivity contribution in [2.75, 3.05) is 0 Å².